The summed E-state index contributed by atoms with van der Waals surface area (Å²) in [5.41, 5.74) is 0. The Morgan fingerprint density at radius 3 is 2.60 bits per heavy atom. The molecular weight excluding hydrogens is 192 g/mol. The van der Waals surface area contributed by atoms with Gasteiger partial charge in [0.2, 0.25) is 5.91 Å². The maximum Gasteiger partial charge on any atom is 0.239 e. The Morgan fingerprint density at radius 1 is 1.47 bits per heavy atom. The fourth-order valence-electron chi connectivity index (χ4n) is 1.33. The van der Waals surface area contributed by atoms with Crippen LogP contribution in [0, 0.1) is 17.2 Å². The largest absolute Gasteiger partial charge is 0.396 e. The molecule has 0 saturated heterocycles. The molecule has 0 aliphatic rings. The Hall–Kier alpha value is -1.08. The summed E-state index contributed by atoms with van der Waals surface area (Å²) in [5, 5.41) is 17.3. The minimum Gasteiger partial charge on any atom is -0.396 e. The van der Waals surface area contributed by atoms with Crippen LogP contribution in [-0.2, 0) is 4.79 Å². The molecule has 0 radical (unpaired) electrons. The number of nitrogens with zero attached hydrogens (tertiary/aromatic N) is 2. The van der Waals surface area contributed by atoms with Crippen molar-refractivity contribution in [1.29, 1.82) is 5.26 Å². The number of aliphatic hydroxyl groups is 1. The van der Waals surface area contributed by atoms with Crippen LogP contribution in [0.2, 0.25) is 0 Å². The molecule has 0 bridgehead atoms. The average molecular weight is 212 g/mol. The molecule has 0 aromatic carbocycles. The summed E-state index contributed by atoms with van der Waals surface area (Å²) in [7, 11) is 1.72. The number of hydrogen-bond donors (Lipinski definition) is 1. The van der Waals surface area contributed by atoms with E-state index >= 15 is 0 Å². The number of nitriles is 1. The number of rotatable bonds is 7. The fraction of sp³-hybridized carbons (Fsp3) is 0.818. The molecule has 0 saturated carbocycles. The van der Waals surface area contributed by atoms with Crippen LogP contribution >= 0.6 is 0 Å². The lowest BCUT2D eigenvalue weighted by Gasteiger charge is -2.19. The predicted octanol–water partition coefficient (Wildman–Crippen LogP) is 1.16. The van der Waals surface area contributed by atoms with Crippen LogP contribution in [0.1, 0.15) is 32.6 Å². The molecule has 0 heterocycles. The van der Waals surface area contributed by atoms with Crippen molar-refractivity contribution in [1.82, 2.24) is 4.90 Å². The van der Waals surface area contributed by atoms with Crippen molar-refractivity contribution in [3.05, 3.63) is 0 Å². The van der Waals surface area contributed by atoms with E-state index in [-0.39, 0.29) is 12.5 Å². The second-order valence-corrected chi connectivity index (χ2v) is 3.63. The second-order valence-electron chi connectivity index (χ2n) is 3.63. The van der Waals surface area contributed by atoms with E-state index in [1.165, 1.54) is 0 Å². The van der Waals surface area contributed by atoms with E-state index in [2.05, 4.69) is 0 Å². The number of aliphatic hydroxyl groups excluding tert-OH is 1. The van der Waals surface area contributed by atoms with Crippen molar-refractivity contribution in [2.75, 3.05) is 20.2 Å². The maximum absolute atomic E-state index is 11.6. The van der Waals surface area contributed by atoms with Crippen LogP contribution in [-0.4, -0.2) is 36.1 Å². The van der Waals surface area contributed by atoms with E-state index < -0.39 is 5.92 Å². The van der Waals surface area contributed by atoms with Gasteiger partial charge in [-0.05, 0) is 25.7 Å². The minimum atomic E-state index is -0.507. The predicted molar refractivity (Wildman–Crippen MR) is 58.0 cm³/mol. The molecule has 1 amide bonds. The van der Waals surface area contributed by atoms with Crippen molar-refractivity contribution >= 4 is 5.91 Å². The lowest BCUT2D eigenvalue weighted by atomic mass is 10.1. The highest BCUT2D eigenvalue weighted by molar-refractivity contribution is 5.80. The van der Waals surface area contributed by atoms with Crippen molar-refractivity contribution < 1.29 is 9.90 Å². The molecule has 0 fully saturated rings. The summed E-state index contributed by atoms with van der Waals surface area (Å²) in [4.78, 5) is 13.2. The van der Waals surface area contributed by atoms with Crippen LogP contribution in [0.4, 0.5) is 0 Å². The van der Waals surface area contributed by atoms with Crippen LogP contribution < -0.4 is 0 Å². The van der Waals surface area contributed by atoms with Gasteiger partial charge in [-0.3, -0.25) is 4.79 Å². The van der Waals surface area contributed by atoms with Gasteiger partial charge >= 0.3 is 0 Å². The first-order chi connectivity index (χ1) is 7.17. The molecule has 4 heteroatoms. The molecule has 0 aromatic heterocycles. The molecule has 0 rings (SSSR count). The Morgan fingerprint density at radius 2 is 2.13 bits per heavy atom. The summed E-state index contributed by atoms with van der Waals surface area (Å²) in [6.07, 6.45) is 3.13. The quantitative estimate of drug-likeness (QED) is 0.644. The lowest BCUT2D eigenvalue weighted by molar-refractivity contribution is -0.132. The molecule has 15 heavy (non-hydrogen) atoms. The van der Waals surface area contributed by atoms with E-state index in [0.29, 0.717) is 13.0 Å². The molecule has 1 unspecified atom stereocenters. The fourth-order valence-corrected chi connectivity index (χ4v) is 1.33. The van der Waals surface area contributed by atoms with E-state index in [0.717, 1.165) is 19.3 Å². The van der Waals surface area contributed by atoms with Gasteiger partial charge in [0.1, 0.15) is 5.92 Å². The van der Waals surface area contributed by atoms with E-state index in [4.69, 9.17) is 10.4 Å². The van der Waals surface area contributed by atoms with E-state index in [1.54, 1.807) is 11.9 Å². The summed E-state index contributed by atoms with van der Waals surface area (Å²) < 4.78 is 0. The van der Waals surface area contributed by atoms with E-state index in [9.17, 15) is 4.79 Å². The first-order valence-corrected chi connectivity index (χ1v) is 5.42. The van der Waals surface area contributed by atoms with Crippen LogP contribution in [0.3, 0.4) is 0 Å². The third kappa shape index (κ3) is 5.38. The number of amides is 1. The van der Waals surface area contributed by atoms with Crippen LogP contribution in [0.25, 0.3) is 0 Å². The molecular formula is C11H20N2O2. The summed E-state index contributed by atoms with van der Waals surface area (Å²) in [6.45, 7) is 2.70. The smallest absolute Gasteiger partial charge is 0.239 e. The molecule has 86 valence electrons. The van der Waals surface area contributed by atoms with Gasteiger partial charge in [0.25, 0.3) is 0 Å². The van der Waals surface area contributed by atoms with Crippen molar-refractivity contribution in [3.63, 3.8) is 0 Å². The molecule has 0 aromatic rings. The van der Waals surface area contributed by atoms with Gasteiger partial charge < -0.3 is 10.0 Å². The van der Waals surface area contributed by atoms with Crippen molar-refractivity contribution in [2.45, 2.75) is 32.6 Å². The van der Waals surface area contributed by atoms with Gasteiger partial charge in [-0.1, -0.05) is 6.92 Å². The third-order valence-electron chi connectivity index (χ3n) is 2.39. The van der Waals surface area contributed by atoms with Crippen molar-refractivity contribution in [2.24, 2.45) is 5.92 Å². The number of carbonyl (C=O) groups is 1. The molecule has 0 aliphatic heterocycles. The van der Waals surface area contributed by atoms with Gasteiger partial charge in [0.15, 0.2) is 0 Å². The summed E-state index contributed by atoms with van der Waals surface area (Å²) >= 11 is 0. The molecule has 0 spiro atoms. The van der Waals surface area contributed by atoms with E-state index in [1.807, 2.05) is 13.0 Å². The van der Waals surface area contributed by atoms with Crippen molar-refractivity contribution in [3.8, 4) is 6.07 Å². The second kappa shape index (κ2) is 8.25. The maximum atomic E-state index is 11.6. The Labute approximate surface area is 91.5 Å². The summed E-state index contributed by atoms with van der Waals surface area (Å²) in [5.74, 6) is -0.600. The standard InChI is InChI=1S/C11H20N2O2/c1-3-10(9-12)11(15)13(2)7-5-4-6-8-14/h10,14H,3-8H2,1-2H3. The SMILES string of the molecule is CCC(C#N)C(=O)N(C)CCCCCO. The minimum absolute atomic E-state index is 0.0935. The third-order valence-corrected chi connectivity index (χ3v) is 2.39. The number of carbonyl (C=O) groups excluding carboxylic acids is 1. The van der Waals surface area contributed by atoms with Gasteiger partial charge in [0, 0.05) is 20.2 Å². The highest BCUT2D eigenvalue weighted by atomic mass is 16.2. The molecule has 4 nitrogen and oxygen atoms in total. The highest BCUT2D eigenvalue weighted by Gasteiger charge is 2.18. The molecule has 1 atom stereocenters. The normalized spacial score (nSPS) is 11.9. The zero-order valence-electron chi connectivity index (χ0n) is 9.57. The Balaban J connectivity index is 3.84. The zero-order chi connectivity index (χ0) is 11.7. The van der Waals surface area contributed by atoms with Gasteiger partial charge in [-0.25, -0.2) is 0 Å². The van der Waals surface area contributed by atoms with Crippen LogP contribution in [0.5, 0.6) is 0 Å². The summed E-state index contributed by atoms with van der Waals surface area (Å²) in [6, 6.07) is 2.00. The monoisotopic (exact) mass is 212 g/mol. The Kier molecular flexibility index (Phi) is 7.65. The van der Waals surface area contributed by atoms with Gasteiger partial charge in [-0.15, -0.1) is 0 Å². The Bertz CT molecular complexity index is 223. The lowest BCUT2D eigenvalue weighted by Crippen LogP contribution is -2.32. The first-order valence-electron chi connectivity index (χ1n) is 5.42. The molecule has 0 aliphatic carbocycles. The van der Waals surface area contributed by atoms with Gasteiger partial charge in [0.05, 0.1) is 6.07 Å². The zero-order valence-corrected chi connectivity index (χ0v) is 9.57. The van der Waals surface area contributed by atoms with Gasteiger partial charge in [-0.2, -0.15) is 5.26 Å². The molecule has 1 N–H and O–H groups in total. The number of hydrogen-bond acceptors (Lipinski definition) is 3. The highest BCUT2D eigenvalue weighted by Crippen LogP contribution is 2.06. The topological polar surface area (TPSA) is 64.3 Å². The first kappa shape index (κ1) is 13.9. The van der Waals surface area contributed by atoms with Crippen LogP contribution in [0.15, 0.2) is 0 Å². The number of unbranched alkanes of at least 4 members (excludes halogenated alkanes) is 2. The average Bonchev–Trinajstić information content (AvgIpc) is 2.25.